The fourth-order valence-corrected chi connectivity index (χ4v) is 3.97. The number of aromatic nitrogens is 1. The SMILES string of the molecule is Cc1cnc(CN2CCC3(CCCC3)CC2)c(C)c1N. The molecule has 0 radical (unpaired) electrons. The molecule has 0 aromatic carbocycles. The fraction of sp³-hybridized carbons (Fsp3) is 0.706. The number of nitrogen functional groups attached to an aromatic ring is 1. The van der Waals surface area contributed by atoms with Gasteiger partial charge in [0.15, 0.2) is 0 Å². The second-order valence-electron chi connectivity index (χ2n) is 6.91. The smallest absolute Gasteiger partial charge is 0.0593 e. The summed E-state index contributed by atoms with van der Waals surface area (Å²) in [6.07, 6.45) is 10.5. The number of piperidine rings is 1. The lowest BCUT2D eigenvalue weighted by Crippen LogP contribution is -2.38. The maximum Gasteiger partial charge on any atom is 0.0593 e. The molecule has 2 heterocycles. The third-order valence-electron chi connectivity index (χ3n) is 5.63. The number of likely N-dealkylation sites (tertiary alicyclic amines) is 1. The molecule has 0 amide bonds. The van der Waals surface area contributed by atoms with Gasteiger partial charge in [0.1, 0.15) is 0 Å². The van der Waals surface area contributed by atoms with E-state index in [-0.39, 0.29) is 0 Å². The molecule has 2 N–H and O–H groups in total. The first-order valence-corrected chi connectivity index (χ1v) is 8.03. The van der Waals surface area contributed by atoms with Crippen LogP contribution in [0.4, 0.5) is 5.69 Å². The number of rotatable bonds is 2. The van der Waals surface area contributed by atoms with E-state index in [1.807, 2.05) is 13.1 Å². The first kappa shape index (κ1) is 13.9. The zero-order chi connectivity index (χ0) is 14.2. The first-order chi connectivity index (χ1) is 9.60. The van der Waals surface area contributed by atoms with Crippen molar-refractivity contribution in [3.8, 4) is 0 Å². The van der Waals surface area contributed by atoms with Crippen molar-refractivity contribution in [3.05, 3.63) is 23.0 Å². The predicted octanol–water partition coefficient (Wildman–Crippen LogP) is 3.44. The maximum atomic E-state index is 6.12. The molecule has 2 aliphatic rings. The molecule has 1 aliphatic carbocycles. The Bertz CT molecular complexity index is 479. The van der Waals surface area contributed by atoms with Crippen LogP contribution < -0.4 is 5.73 Å². The minimum atomic E-state index is 0.700. The molecule has 0 unspecified atom stereocenters. The van der Waals surface area contributed by atoms with Crippen molar-refractivity contribution in [1.82, 2.24) is 9.88 Å². The molecular weight excluding hydrogens is 246 g/mol. The molecule has 1 aromatic rings. The van der Waals surface area contributed by atoms with E-state index in [0.29, 0.717) is 5.41 Å². The number of pyridine rings is 1. The van der Waals surface area contributed by atoms with Crippen molar-refractivity contribution < 1.29 is 0 Å². The van der Waals surface area contributed by atoms with E-state index < -0.39 is 0 Å². The van der Waals surface area contributed by atoms with Crippen LogP contribution in [0.2, 0.25) is 0 Å². The lowest BCUT2D eigenvalue weighted by Gasteiger charge is -2.39. The van der Waals surface area contributed by atoms with Gasteiger partial charge in [0.2, 0.25) is 0 Å². The van der Waals surface area contributed by atoms with Crippen molar-refractivity contribution in [2.75, 3.05) is 18.8 Å². The Kier molecular flexibility index (Phi) is 3.72. The molecule has 110 valence electrons. The largest absolute Gasteiger partial charge is 0.398 e. The summed E-state index contributed by atoms with van der Waals surface area (Å²) < 4.78 is 0. The molecule has 3 heteroatoms. The molecule has 3 rings (SSSR count). The fourth-order valence-electron chi connectivity index (χ4n) is 3.97. The molecule has 2 fully saturated rings. The number of aryl methyl sites for hydroxylation is 1. The third-order valence-corrected chi connectivity index (χ3v) is 5.63. The van der Waals surface area contributed by atoms with Crippen LogP contribution in [0.25, 0.3) is 0 Å². The van der Waals surface area contributed by atoms with Crippen molar-refractivity contribution in [2.24, 2.45) is 5.41 Å². The van der Waals surface area contributed by atoms with Crippen molar-refractivity contribution in [3.63, 3.8) is 0 Å². The third kappa shape index (κ3) is 2.56. The van der Waals surface area contributed by atoms with Crippen LogP contribution in [0, 0.1) is 19.3 Å². The molecule has 1 aliphatic heterocycles. The van der Waals surface area contributed by atoms with Gasteiger partial charge in [0, 0.05) is 18.4 Å². The average molecular weight is 273 g/mol. The van der Waals surface area contributed by atoms with Crippen molar-refractivity contribution in [1.29, 1.82) is 0 Å². The summed E-state index contributed by atoms with van der Waals surface area (Å²) in [5.41, 5.74) is 11.2. The summed E-state index contributed by atoms with van der Waals surface area (Å²) in [6, 6.07) is 0. The lowest BCUT2D eigenvalue weighted by atomic mass is 9.77. The second kappa shape index (κ2) is 5.36. The highest BCUT2D eigenvalue weighted by Crippen LogP contribution is 2.46. The Morgan fingerprint density at radius 2 is 1.80 bits per heavy atom. The maximum absolute atomic E-state index is 6.12. The second-order valence-corrected chi connectivity index (χ2v) is 6.91. The van der Waals surface area contributed by atoms with E-state index in [0.717, 1.165) is 23.5 Å². The Hall–Kier alpha value is -1.09. The van der Waals surface area contributed by atoms with Crippen molar-refractivity contribution in [2.45, 2.75) is 58.9 Å². The van der Waals surface area contributed by atoms with Gasteiger partial charge in [0.05, 0.1) is 5.69 Å². The van der Waals surface area contributed by atoms with Gasteiger partial charge in [0.25, 0.3) is 0 Å². The Balaban J connectivity index is 1.64. The minimum Gasteiger partial charge on any atom is -0.398 e. The van der Waals surface area contributed by atoms with Gasteiger partial charge in [-0.1, -0.05) is 12.8 Å². The number of nitrogens with two attached hydrogens (primary N) is 1. The normalized spacial score (nSPS) is 22.5. The van der Waals surface area contributed by atoms with E-state index >= 15 is 0 Å². The molecule has 3 nitrogen and oxygen atoms in total. The van der Waals surface area contributed by atoms with Gasteiger partial charge >= 0.3 is 0 Å². The summed E-state index contributed by atoms with van der Waals surface area (Å²) in [6.45, 7) is 7.56. The number of hydrogen-bond acceptors (Lipinski definition) is 3. The van der Waals surface area contributed by atoms with Crippen molar-refractivity contribution >= 4 is 5.69 Å². The number of anilines is 1. The molecule has 20 heavy (non-hydrogen) atoms. The topological polar surface area (TPSA) is 42.2 Å². The Morgan fingerprint density at radius 3 is 2.45 bits per heavy atom. The molecule has 1 spiro atoms. The molecule has 0 bridgehead atoms. The van der Waals surface area contributed by atoms with Gasteiger partial charge in [-0.3, -0.25) is 9.88 Å². The highest BCUT2D eigenvalue weighted by molar-refractivity contribution is 5.53. The predicted molar refractivity (Wildman–Crippen MR) is 83.5 cm³/mol. The summed E-state index contributed by atoms with van der Waals surface area (Å²) in [4.78, 5) is 7.16. The standard InChI is InChI=1S/C17H27N3/c1-13-11-19-15(14(2)16(13)18)12-20-9-7-17(8-10-20)5-3-4-6-17/h11H,3-10,12H2,1-2H3,(H2,18,19). The number of hydrogen-bond donors (Lipinski definition) is 1. The first-order valence-electron chi connectivity index (χ1n) is 8.03. The van der Waals surface area contributed by atoms with Crippen LogP contribution in [0.15, 0.2) is 6.20 Å². The summed E-state index contributed by atoms with van der Waals surface area (Å²) >= 11 is 0. The molecule has 1 aromatic heterocycles. The van der Waals surface area contributed by atoms with E-state index in [2.05, 4.69) is 16.8 Å². The monoisotopic (exact) mass is 273 g/mol. The molecular formula is C17H27N3. The summed E-state index contributed by atoms with van der Waals surface area (Å²) in [7, 11) is 0. The van der Waals surface area contributed by atoms with E-state index in [1.165, 1.54) is 57.2 Å². The lowest BCUT2D eigenvalue weighted by molar-refractivity contribution is 0.102. The van der Waals surface area contributed by atoms with E-state index in [9.17, 15) is 0 Å². The van der Waals surface area contributed by atoms with Crippen LogP contribution in [0.5, 0.6) is 0 Å². The zero-order valence-corrected chi connectivity index (χ0v) is 12.9. The minimum absolute atomic E-state index is 0.700. The number of nitrogens with zero attached hydrogens (tertiary/aromatic N) is 2. The quantitative estimate of drug-likeness (QED) is 0.897. The van der Waals surface area contributed by atoms with E-state index in [1.54, 1.807) is 0 Å². The Morgan fingerprint density at radius 1 is 1.15 bits per heavy atom. The van der Waals surface area contributed by atoms with Crippen LogP contribution in [-0.4, -0.2) is 23.0 Å². The molecule has 1 saturated heterocycles. The van der Waals surface area contributed by atoms with Gasteiger partial charge < -0.3 is 5.73 Å². The summed E-state index contributed by atoms with van der Waals surface area (Å²) in [5, 5.41) is 0. The average Bonchev–Trinajstić information content (AvgIpc) is 2.91. The van der Waals surface area contributed by atoms with Gasteiger partial charge in [-0.2, -0.15) is 0 Å². The van der Waals surface area contributed by atoms with E-state index in [4.69, 9.17) is 5.73 Å². The highest BCUT2D eigenvalue weighted by Gasteiger charge is 2.36. The van der Waals surface area contributed by atoms with Gasteiger partial charge in [-0.15, -0.1) is 0 Å². The highest BCUT2D eigenvalue weighted by atomic mass is 15.1. The Labute approximate surface area is 122 Å². The van der Waals surface area contributed by atoms with Crippen LogP contribution in [-0.2, 0) is 6.54 Å². The van der Waals surface area contributed by atoms with Gasteiger partial charge in [-0.25, -0.2) is 0 Å². The molecule has 1 saturated carbocycles. The summed E-state index contributed by atoms with van der Waals surface area (Å²) in [5.74, 6) is 0. The van der Waals surface area contributed by atoms with Crippen LogP contribution >= 0.6 is 0 Å². The van der Waals surface area contributed by atoms with Crippen LogP contribution in [0.3, 0.4) is 0 Å². The zero-order valence-electron chi connectivity index (χ0n) is 12.9. The van der Waals surface area contributed by atoms with Crippen LogP contribution in [0.1, 0.15) is 55.3 Å². The molecule has 0 atom stereocenters. The van der Waals surface area contributed by atoms with Gasteiger partial charge in [-0.05, 0) is 69.2 Å².